The molecule has 0 fully saturated rings. The van der Waals surface area contributed by atoms with Gasteiger partial charge in [-0.2, -0.15) is 0 Å². The van der Waals surface area contributed by atoms with E-state index in [4.69, 9.17) is 4.74 Å². The van der Waals surface area contributed by atoms with Gasteiger partial charge in [0.05, 0.1) is 11.1 Å². The minimum Gasteiger partial charge on any atom is -0.490 e. The fraction of sp³-hybridized carbons (Fsp3) is 0.556. The van der Waals surface area contributed by atoms with Gasteiger partial charge in [0, 0.05) is 23.8 Å². The van der Waals surface area contributed by atoms with Gasteiger partial charge < -0.3 is 20.3 Å². The van der Waals surface area contributed by atoms with E-state index in [9.17, 15) is 9.59 Å². The second-order valence-corrected chi connectivity index (χ2v) is 7.73. The average molecular weight is 333 g/mol. The van der Waals surface area contributed by atoms with Crippen LogP contribution in [0.25, 0.3) is 0 Å². The Hall–Kier alpha value is -2.24. The molecule has 1 aliphatic heterocycles. The third-order valence-electron chi connectivity index (χ3n) is 3.73. The van der Waals surface area contributed by atoms with E-state index in [-0.39, 0.29) is 17.5 Å². The molecule has 132 valence electrons. The van der Waals surface area contributed by atoms with E-state index in [0.717, 1.165) is 5.69 Å². The average Bonchev–Trinajstić information content (AvgIpc) is 2.53. The van der Waals surface area contributed by atoms with E-state index in [1.807, 2.05) is 47.6 Å². The van der Waals surface area contributed by atoms with E-state index >= 15 is 0 Å². The van der Waals surface area contributed by atoms with Crippen molar-refractivity contribution in [3.63, 3.8) is 0 Å². The summed E-state index contributed by atoms with van der Waals surface area (Å²) in [4.78, 5) is 26.4. The van der Waals surface area contributed by atoms with Crippen LogP contribution in [-0.4, -0.2) is 30.6 Å². The molecule has 24 heavy (non-hydrogen) atoms. The SMILES string of the molecule is CCN1C(=O)C(C)(C)COc2cc(NC(=O)NC(C)(C)C)ccc21. The summed E-state index contributed by atoms with van der Waals surface area (Å²) >= 11 is 0. The number of amides is 3. The van der Waals surface area contributed by atoms with Gasteiger partial charge in [0.15, 0.2) is 0 Å². The Morgan fingerprint density at radius 1 is 1.33 bits per heavy atom. The number of nitrogens with zero attached hydrogens (tertiary/aromatic N) is 1. The van der Waals surface area contributed by atoms with E-state index < -0.39 is 5.41 Å². The van der Waals surface area contributed by atoms with Gasteiger partial charge in [-0.15, -0.1) is 0 Å². The van der Waals surface area contributed by atoms with Gasteiger partial charge in [0.1, 0.15) is 12.4 Å². The largest absolute Gasteiger partial charge is 0.490 e. The second-order valence-electron chi connectivity index (χ2n) is 7.73. The number of ether oxygens (including phenoxy) is 1. The van der Waals surface area contributed by atoms with E-state index in [0.29, 0.717) is 24.6 Å². The lowest BCUT2D eigenvalue weighted by Crippen LogP contribution is -2.43. The Bertz CT molecular complexity index is 647. The number of nitrogens with one attached hydrogen (secondary N) is 2. The molecule has 1 aliphatic rings. The van der Waals surface area contributed by atoms with Crippen molar-refractivity contribution in [3.05, 3.63) is 18.2 Å². The minimum atomic E-state index is -0.591. The van der Waals surface area contributed by atoms with Crippen LogP contribution in [0.5, 0.6) is 5.75 Å². The molecule has 0 aliphatic carbocycles. The zero-order valence-electron chi connectivity index (χ0n) is 15.3. The third-order valence-corrected chi connectivity index (χ3v) is 3.73. The predicted octanol–water partition coefficient (Wildman–Crippen LogP) is 3.38. The molecule has 0 aromatic heterocycles. The second kappa shape index (κ2) is 6.34. The van der Waals surface area contributed by atoms with Gasteiger partial charge in [0.2, 0.25) is 5.91 Å². The zero-order chi connectivity index (χ0) is 18.1. The van der Waals surface area contributed by atoms with E-state index in [1.54, 1.807) is 17.0 Å². The van der Waals surface area contributed by atoms with Crippen molar-refractivity contribution in [1.29, 1.82) is 0 Å². The summed E-state index contributed by atoms with van der Waals surface area (Å²) in [7, 11) is 0. The Morgan fingerprint density at radius 2 is 2.00 bits per heavy atom. The molecule has 6 nitrogen and oxygen atoms in total. The summed E-state index contributed by atoms with van der Waals surface area (Å²) in [5.74, 6) is 0.638. The highest BCUT2D eigenvalue weighted by molar-refractivity contribution is 6.00. The lowest BCUT2D eigenvalue weighted by atomic mass is 9.93. The van der Waals surface area contributed by atoms with Crippen LogP contribution in [0, 0.1) is 5.41 Å². The molecule has 0 atom stereocenters. The van der Waals surface area contributed by atoms with Gasteiger partial charge in [-0.3, -0.25) is 4.79 Å². The molecule has 1 aromatic rings. The number of urea groups is 1. The lowest BCUT2D eigenvalue weighted by molar-refractivity contribution is -0.127. The molecule has 0 spiro atoms. The standard InChI is InChI=1S/C18H27N3O3/c1-7-21-13-9-8-12(19-16(23)20-17(2,3)4)10-14(13)24-11-18(5,6)15(21)22/h8-10H,7,11H2,1-6H3,(H2,19,20,23). The third kappa shape index (κ3) is 3.99. The monoisotopic (exact) mass is 333 g/mol. The molecular weight excluding hydrogens is 306 g/mol. The molecule has 2 rings (SSSR count). The molecule has 0 saturated heterocycles. The maximum atomic E-state index is 12.6. The number of carbonyl (C=O) groups excluding carboxylic acids is 2. The van der Waals surface area contributed by atoms with Crippen LogP contribution in [0.2, 0.25) is 0 Å². The lowest BCUT2D eigenvalue weighted by Gasteiger charge is -2.26. The summed E-state index contributed by atoms with van der Waals surface area (Å²) in [5.41, 5.74) is 0.446. The Balaban J connectivity index is 2.27. The number of fused-ring (bicyclic) bond motifs is 1. The van der Waals surface area contributed by atoms with Crippen LogP contribution in [0.15, 0.2) is 18.2 Å². The first-order valence-electron chi connectivity index (χ1n) is 8.21. The Kier molecular flexibility index (Phi) is 4.78. The van der Waals surface area contributed by atoms with Crippen LogP contribution >= 0.6 is 0 Å². The van der Waals surface area contributed by atoms with Crippen LogP contribution in [-0.2, 0) is 4.79 Å². The van der Waals surface area contributed by atoms with Gasteiger partial charge in [0.25, 0.3) is 0 Å². The number of rotatable bonds is 2. The summed E-state index contributed by atoms with van der Waals surface area (Å²) in [6.45, 7) is 12.3. The molecule has 1 aromatic carbocycles. The molecule has 2 N–H and O–H groups in total. The zero-order valence-corrected chi connectivity index (χ0v) is 15.3. The summed E-state index contributed by atoms with van der Waals surface area (Å²) < 4.78 is 5.86. The number of anilines is 2. The summed E-state index contributed by atoms with van der Waals surface area (Å²) in [6, 6.07) is 5.07. The van der Waals surface area contributed by atoms with Crippen molar-refractivity contribution >= 4 is 23.3 Å². The van der Waals surface area contributed by atoms with Gasteiger partial charge >= 0.3 is 6.03 Å². The normalized spacial score (nSPS) is 16.8. The highest BCUT2D eigenvalue weighted by Crippen LogP contribution is 2.38. The van der Waals surface area contributed by atoms with Crippen LogP contribution in [0.4, 0.5) is 16.2 Å². The van der Waals surface area contributed by atoms with E-state index in [2.05, 4.69) is 10.6 Å². The maximum Gasteiger partial charge on any atom is 0.319 e. The smallest absolute Gasteiger partial charge is 0.319 e. The fourth-order valence-electron chi connectivity index (χ4n) is 2.54. The number of hydrogen-bond acceptors (Lipinski definition) is 3. The first-order chi connectivity index (χ1) is 11.0. The number of benzene rings is 1. The molecule has 0 saturated carbocycles. The van der Waals surface area contributed by atoms with Crippen molar-refractivity contribution in [1.82, 2.24) is 5.32 Å². The molecule has 3 amide bonds. The van der Waals surface area contributed by atoms with Gasteiger partial charge in [-0.1, -0.05) is 0 Å². The molecular formula is C18H27N3O3. The Morgan fingerprint density at radius 3 is 2.58 bits per heavy atom. The van der Waals surface area contributed by atoms with Crippen molar-refractivity contribution < 1.29 is 14.3 Å². The molecule has 0 radical (unpaired) electrons. The first kappa shape index (κ1) is 18.1. The summed E-state index contributed by atoms with van der Waals surface area (Å²) in [6.07, 6.45) is 0. The van der Waals surface area contributed by atoms with Gasteiger partial charge in [-0.05, 0) is 53.7 Å². The topological polar surface area (TPSA) is 70.7 Å². The van der Waals surface area contributed by atoms with Crippen molar-refractivity contribution in [2.75, 3.05) is 23.4 Å². The number of carbonyl (C=O) groups is 2. The van der Waals surface area contributed by atoms with Crippen LogP contribution in [0.3, 0.4) is 0 Å². The molecule has 6 heteroatoms. The van der Waals surface area contributed by atoms with Crippen LogP contribution < -0.4 is 20.3 Å². The predicted molar refractivity (Wildman–Crippen MR) is 95.7 cm³/mol. The Labute approximate surface area is 143 Å². The minimum absolute atomic E-state index is 0.0370. The quantitative estimate of drug-likeness (QED) is 0.871. The fourth-order valence-corrected chi connectivity index (χ4v) is 2.54. The van der Waals surface area contributed by atoms with Crippen molar-refractivity contribution in [3.8, 4) is 5.75 Å². The highest BCUT2D eigenvalue weighted by Gasteiger charge is 2.37. The van der Waals surface area contributed by atoms with Crippen LogP contribution in [0.1, 0.15) is 41.5 Å². The maximum absolute atomic E-state index is 12.6. The van der Waals surface area contributed by atoms with Crippen molar-refractivity contribution in [2.45, 2.75) is 47.1 Å². The molecule has 0 bridgehead atoms. The summed E-state index contributed by atoms with van der Waals surface area (Å²) in [5, 5.41) is 5.65. The number of hydrogen-bond donors (Lipinski definition) is 2. The molecule has 0 unspecified atom stereocenters. The highest BCUT2D eigenvalue weighted by atomic mass is 16.5. The van der Waals surface area contributed by atoms with Crippen molar-refractivity contribution in [2.24, 2.45) is 5.41 Å². The first-order valence-corrected chi connectivity index (χ1v) is 8.21. The van der Waals surface area contributed by atoms with Gasteiger partial charge in [-0.25, -0.2) is 4.79 Å². The van der Waals surface area contributed by atoms with E-state index in [1.165, 1.54) is 0 Å². The molecule has 1 heterocycles.